The number of hydrogen-bond acceptors (Lipinski definition) is 6. The quantitative estimate of drug-likeness (QED) is 0.413. The molecule has 0 aliphatic carbocycles. The van der Waals surface area contributed by atoms with Gasteiger partial charge in [-0.2, -0.15) is 0 Å². The molecule has 1 aromatic carbocycles. The summed E-state index contributed by atoms with van der Waals surface area (Å²) < 4.78 is 64.3. The molecule has 4 rings (SSSR count). The summed E-state index contributed by atoms with van der Waals surface area (Å²) >= 11 is 5.85. The van der Waals surface area contributed by atoms with Crippen LogP contribution in [0.5, 0.6) is 5.88 Å². The summed E-state index contributed by atoms with van der Waals surface area (Å²) in [5.74, 6) is -2.66. The van der Waals surface area contributed by atoms with Gasteiger partial charge in [-0.25, -0.2) is 27.2 Å². The van der Waals surface area contributed by atoms with Crippen LogP contribution in [-0.4, -0.2) is 42.9 Å². The van der Waals surface area contributed by atoms with E-state index in [1.54, 1.807) is 0 Å². The highest BCUT2D eigenvalue weighted by Crippen LogP contribution is 2.33. The van der Waals surface area contributed by atoms with Crippen molar-refractivity contribution in [1.29, 1.82) is 0 Å². The maximum absolute atomic E-state index is 15.4. The van der Waals surface area contributed by atoms with Gasteiger partial charge in [-0.15, -0.1) is 0 Å². The fraction of sp³-hybridized carbons (Fsp3) is 0.0952. The topological polar surface area (TPSA) is 115 Å². The number of amides is 1. The number of benzene rings is 1. The van der Waals surface area contributed by atoms with Crippen molar-refractivity contribution in [3.05, 3.63) is 71.4 Å². The van der Waals surface area contributed by atoms with E-state index < -0.39 is 43.7 Å². The molecule has 13 heteroatoms. The molecular formula is C21H16ClF2N5O4S. The second kappa shape index (κ2) is 8.88. The van der Waals surface area contributed by atoms with Crippen LogP contribution in [-0.2, 0) is 10.0 Å². The predicted molar refractivity (Wildman–Crippen MR) is 121 cm³/mol. The van der Waals surface area contributed by atoms with Crippen LogP contribution in [0.25, 0.3) is 16.6 Å². The van der Waals surface area contributed by atoms with Crippen molar-refractivity contribution >= 4 is 38.7 Å². The summed E-state index contributed by atoms with van der Waals surface area (Å²) in [7, 11) is -1.73. The number of hydrogen-bond donors (Lipinski definition) is 2. The van der Waals surface area contributed by atoms with Gasteiger partial charge in [-0.05, 0) is 35.9 Å². The third kappa shape index (κ3) is 4.13. The van der Waals surface area contributed by atoms with E-state index in [9.17, 15) is 17.6 Å². The average molecular weight is 508 g/mol. The number of nitrogens with one attached hydrogen (secondary N) is 2. The molecule has 3 heterocycles. The summed E-state index contributed by atoms with van der Waals surface area (Å²) in [6.07, 6.45) is 3.99. The predicted octanol–water partition coefficient (Wildman–Crippen LogP) is 3.50. The zero-order valence-corrected chi connectivity index (χ0v) is 19.2. The van der Waals surface area contributed by atoms with Gasteiger partial charge >= 0.3 is 0 Å². The van der Waals surface area contributed by atoms with E-state index in [1.807, 2.05) is 0 Å². The van der Waals surface area contributed by atoms with Crippen LogP contribution >= 0.6 is 11.6 Å². The summed E-state index contributed by atoms with van der Waals surface area (Å²) in [5, 5.41) is 2.47. The minimum atomic E-state index is -4.40. The Hall–Kier alpha value is -3.77. The zero-order valence-electron chi connectivity index (χ0n) is 17.6. The molecule has 0 spiro atoms. The summed E-state index contributed by atoms with van der Waals surface area (Å²) in [6.45, 7) is 0. The van der Waals surface area contributed by atoms with Gasteiger partial charge in [-0.3, -0.25) is 13.9 Å². The molecule has 176 valence electrons. The van der Waals surface area contributed by atoms with Gasteiger partial charge in [0, 0.05) is 19.4 Å². The van der Waals surface area contributed by atoms with Crippen molar-refractivity contribution in [1.82, 2.24) is 19.7 Å². The standard InChI is InChI=1S/C21H16ClF2N5O4S/c1-25-20(30)19-26-10-13-7-11(5-6-29(13)19)17-14(23)3-4-15(18(17)24)28-34(31,32)16-8-12(22)9-27-21(16)33-2/h3-10,28H,1-2H3,(H,25,30). The molecule has 0 bridgehead atoms. The van der Waals surface area contributed by atoms with Crippen molar-refractivity contribution in [3.63, 3.8) is 0 Å². The first-order valence-corrected chi connectivity index (χ1v) is 11.4. The molecule has 34 heavy (non-hydrogen) atoms. The van der Waals surface area contributed by atoms with Crippen LogP contribution in [0.1, 0.15) is 10.6 Å². The lowest BCUT2D eigenvalue weighted by Crippen LogP contribution is -2.20. The van der Waals surface area contributed by atoms with E-state index >= 15 is 4.39 Å². The van der Waals surface area contributed by atoms with Crippen molar-refractivity contribution in [2.24, 2.45) is 0 Å². The molecule has 0 saturated carbocycles. The Labute approximate surface area is 197 Å². The number of carbonyl (C=O) groups is 1. The largest absolute Gasteiger partial charge is 0.480 e. The van der Waals surface area contributed by atoms with Crippen molar-refractivity contribution < 1.29 is 26.7 Å². The molecule has 0 unspecified atom stereocenters. The third-order valence-corrected chi connectivity index (χ3v) is 6.42. The van der Waals surface area contributed by atoms with E-state index in [-0.39, 0.29) is 22.3 Å². The number of sulfonamides is 1. The maximum atomic E-state index is 15.4. The van der Waals surface area contributed by atoms with E-state index in [0.29, 0.717) is 5.52 Å². The van der Waals surface area contributed by atoms with Crippen LogP contribution in [0, 0.1) is 11.6 Å². The van der Waals surface area contributed by atoms with Crippen LogP contribution in [0.2, 0.25) is 5.02 Å². The first-order chi connectivity index (χ1) is 16.2. The number of halogens is 3. The molecule has 1 amide bonds. The third-order valence-electron chi connectivity index (χ3n) is 4.85. The Morgan fingerprint density at radius 2 is 1.91 bits per heavy atom. The van der Waals surface area contributed by atoms with Gasteiger partial charge in [0.25, 0.3) is 15.9 Å². The van der Waals surface area contributed by atoms with Crippen molar-refractivity contribution in [2.45, 2.75) is 4.90 Å². The molecule has 3 aromatic heterocycles. The molecule has 0 atom stereocenters. The molecule has 0 aliphatic rings. The highest BCUT2D eigenvalue weighted by Gasteiger charge is 2.25. The molecule has 4 aromatic rings. The van der Waals surface area contributed by atoms with Crippen molar-refractivity contribution in [2.75, 3.05) is 18.9 Å². The van der Waals surface area contributed by atoms with Gasteiger partial charge in [0.2, 0.25) is 11.7 Å². The number of methoxy groups -OCH3 is 1. The number of rotatable bonds is 6. The van der Waals surface area contributed by atoms with Gasteiger partial charge in [-0.1, -0.05) is 11.6 Å². The number of anilines is 1. The monoisotopic (exact) mass is 507 g/mol. The highest BCUT2D eigenvalue weighted by molar-refractivity contribution is 7.92. The molecule has 0 radical (unpaired) electrons. The Bertz CT molecular complexity index is 1540. The number of nitrogens with zero attached hydrogens (tertiary/aromatic N) is 3. The molecule has 2 N–H and O–H groups in total. The molecule has 0 aliphatic heterocycles. The number of ether oxygens (including phenoxy) is 1. The first-order valence-electron chi connectivity index (χ1n) is 9.56. The molecule has 9 nitrogen and oxygen atoms in total. The van der Waals surface area contributed by atoms with E-state index in [4.69, 9.17) is 16.3 Å². The van der Waals surface area contributed by atoms with Crippen LogP contribution < -0.4 is 14.8 Å². The number of carbonyl (C=O) groups excluding carboxylic acids is 1. The Morgan fingerprint density at radius 3 is 2.62 bits per heavy atom. The SMILES string of the molecule is CNC(=O)c1ncc2cc(-c3c(F)ccc(NS(=O)(=O)c4cc(Cl)cnc4OC)c3F)ccn12. The van der Waals surface area contributed by atoms with Crippen LogP contribution in [0.4, 0.5) is 14.5 Å². The molecule has 0 saturated heterocycles. The minimum Gasteiger partial charge on any atom is -0.480 e. The van der Waals surface area contributed by atoms with Gasteiger partial charge in [0.05, 0.1) is 35.1 Å². The molecule has 0 fully saturated rings. The summed E-state index contributed by atoms with van der Waals surface area (Å²) in [4.78, 5) is 19.3. The number of fused-ring (bicyclic) bond motifs is 1. The van der Waals surface area contributed by atoms with Crippen molar-refractivity contribution in [3.8, 4) is 17.0 Å². The number of pyridine rings is 2. The second-order valence-corrected chi connectivity index (χ2v) is 9.01. The van der Waals surface area contributed by atoms with Crippen LogP contribution in [0.3, 0.4) is 0 Å². The Kier molecular flexibility index (Phi) is 6.11. The zero-order chi connectivity index (χ0) is 24.6. The summed E-state index contributed by atoms with van der Waals surface area (Å²) in [5.41, 5.74) is -0.469. The van der Waals surface area contributed by atoms with E-state index in [2.05, 4.69) is 20.0 Å². The number of imidazole rings is 1. The Morgan fingerprint density at radius 1 is 1.15 bits per heavy atom. The lowest BCUT2D eigenvalue weighted by Gasteiger charge is -2.14. The van der Waals surface area contributed by atoms with E-state index in [1.165, 1.54) is 49.3 Å². The maximum Gasteiger partial charge on any atom is 0.287 e. The minimum absolute atomic E-state index is 0.0201. The highest BCUT2D eigenvalue weighted by atomic mass is 35.5. The lowest BCUT2D eigenvalue weighted by atomic mass is 10.0. The smallest absolute Gasteiger partial charge is 0.287 e. The molecular weight excluding hydrogens is 492 g/mol. The fourth-order valence-corrected chi connectivity index (χ4v) is 4.71. The fourth-order valence-electron chi connectivity index (χ4n) is 3.28. The average Bonchev–Trinajstić information content (AvgIpc) is 3.24. The Balaban J connectivity index is 1.78. The first kappa shape index (κ1) is 23.4. The number of aromatic nitrogens is 3. The van der Waals surface area contributed by atoms with Gasteiger partial charge < -0.3 is 10.1 Å². The van der Waals surface area contributed by atoms with Gasteiger partial charge in [0.15, 0.2) is 10.7 Å². The van der Waals surface area contributed by atoms with E-state index in [0.717, 1.165) is 18.2 Å². The second-order valence-electron chi connectivity index (χ2n) is 6.92. The van der Waals surface area contributed by atoms with Gasteiger partial charge in [0.1, 0.15) is 5.82 Å². The summed E-state index contributed by atoms with van der Waals surface area (Å²) in [6, 6.07) is 5.78. The van der Waals surface area contributed by atoms with Crippen LogP contribution in [0.15, 0.2) is 53.8 Å². The lowest BCUT2D eigenvalue weighted by molar-refractivity contribution is 0.0952. The normalized spacial score (nSPS) is 11.4.